The van der Waals surface area contributed by atoms with Crippen molar-refractivity contribution in [3.05, 3.63) is 35.4 Å². The topological polar surface area (TPSA) is 78.3 Å². The molecule has 2 aromatic rings. The molecule has 0 saturated heterocycles. The fourth-order valence-electron chi connectivity index (χ4n) is 3.71. The predicted molar refractivity (Wildman–Crippen MR) is 95.1 cm³/mol. The first-order valence-electron chi connectivity index (χ1n) is 9.23. The van der Waals surface area contributed by atoms with Gasteiger partial charge in [-0.3, -0.25) is 4.79 Å². The molecule has 0 spiro atoms. The van der Waals surface area contributed by atoms with E-state index in [4.69, 9.17) is 9.47 Å². The number of aromatic nitrogens is 3. The van der Waals surface area contributed by atoms with Gasteiger partial charge in [-0.05, 0) is 30.9 Å². The average molecular weight is 356 g/mol. The summed E-state index contributed by atoms with van der Waals surface area (Å²) in [5.74, 6) is 3.13. The molecule has 3 heterocycles. The summed E-state index contributed by atoms with van der Waals surface area (Å²) in [6.45, 7) is 1.71. The van der Waals surface area contributed by atoms with Gasteiger partial charge >= 0.3 is 0 Å². The molecule has 7 heteroatoms. The summed E-state index contributed by atoms with van der Waals surface area (Å²) in [5.41, 5.74) is 1.01. The Kier molecular flexibility index (Phi) is 4.77. The largest absolute Gasteiger partial charge is 0.493 e. The number of methoxy groups -OCH3 is 1. The van der Waals surface area contributed by atoms with Crippen LogP contribution in [0, 0.1) is 5.92 Å². The molecular formula is C19H24N4O3. The third-order valence-corrected chi connectivity index (χ3v) is 5.15. The molecule has 0 fully saturated rings. The van der Waals surface area contributed by atoms with Crippen LogP contribution in [-0.4, -0.2) is 34.4 Å². The number of nitrogens with zero attached hydrogens (tertiary/aromatic N) is 3. The number of para-hydroxylation sites is 1. The van der Waals surface area contributed by atoms with Crippen molar-refractivity contribution < 1.29 is 14.3 Å². The van der Waals surface area contributed by atoms with E-state index in [1.165, 1.54) is 6.42 Å². The van der Waals surface area contributed by atoms with E-state index in [1.54, 1.807) is 7.11 Å². The quantitative estimate of drug-likeness (QED) is 0.905. The average Bonchev–Trinajstić information content (AvgIpc) is 2.91. The number of fused-ring (bicyclic) bond motifs is 2. The van der Waals surface area contributed by atoms with Crippen molar-refractivity contribution in [1.29, 1.82) is 0 Å². The summed E-state index contributed by atoms with van der Waals surface area (Å²) < 4.78 is 13.3. The van der Waals surface area contributed by atoms with Crippen molar-refractivity contribution in [1.82, 2.24) is 20.1 Å². The lowest BCUT2D eigenvalue weighted by Crippen LogP contribution is -2.37. The van der Waals surface area contributed by atoms with E-state index < -0.39 is 0 Å². The smallest absolute Gasteiger partial charge is 0.227 e. The lowest BCUT2D eigenvalue weighted by molar-refractivity contribution is -0.126. The minimum Gasteiger partial charge on any atom is -0.493 e. The van der Waals surface area contributed by atoms with E-state index in [9.17, 15) is 4.79 Å². The molecule has 1 aromatic carbocycles. The Labute approximate surface area is 152 Å². The number of hydrogen-bond acceptors (Lipinski definition) is 5. The van der Waals surface area contributed by atoms with Crippen LogP contribution in [0.1, 0.15) is 36.5 Å². The number of ether oxygens (including phenoxy) is 2. The molecule has 26 heavy (non-hydrogen) atoms. The molecule has 2 aliphatic heterocycles. The molecule has 0 radical (unpaired) electrons. The van der Waals surface area contributed by atoms with Gasteiger partial charge in [-0.25, -0.2) is 0 Å². The van der Waals surface area contributed by atoms with Gasteiger partial charge in [0, 0.05) is 13.0 Å². The van der Waals surface area contributed by atoms with Gasteiger partial charge in [-0.15, -0.1) is 10.2 Å². The number of rotatable bonds is 4. The maximum absolute atomic E-state index is 12.6. The van der Waals surface area contributed by atoms with Gasteiger partial charge in [-0.1, -0.05) is 18.6 Å². The monoisotopic (exact) mass is 356 g/mol. The molecular weight excluding hydrogens is 332 g/mol. The first-order valence-corrected chi connectivity index (χ1v) is 9.23. The van der Waals surface area contributed by atoms with Crippen molar-refractivity contribution in [2.75, 3.05) is 13.7 Å². The summed E-state index contributed by atoms with van der Waals surface area (Å²) >= 11 is 0. The molecule has 4 rings (SSSR count). The van der Waals surface area contributed by atoms with Gasteiger partial charge in [0.1, 0.15) is 12.4 Å². The molecule has 0 aliphatic carbocycles. The fourth-order valence-corrected chi connectivity index (χ4v) is 3.71. The first-order chi connectivity index (χ1) is 12.8. The van der Waals surface area contributed by atoms with E-state index in [0.717, 1.165) is 48.8 Å². The molecule has 7 nitrogen and oxygen atoms in total. The Morgan fingerprint density at radius 1 is 1.35 bits per heavy atom. The summed E-state index contributed by atoms with van der Waals surface area (Å²) in [6.07, 6.45) is 5.14. The maximum atomic E-state index is 12.6. The van der Waals surface area contributed by atoms with Crippen molar-refractivity contribution >= 4 is 5.91 Å². The second-order valence-corrected chi connectivity index (χ2v) is 6.87. The number of carbonyl (C=O) groups is 1. The highest BCUT2D eigenvalue weighted by molar-refractivity contribution is 5.79. The summed E-state index contributed by atoms with van der Waals surface area (Å²) in [7, 11) is 1.62. The first kappa shape index (κ1) is 16.9. The molecule has 138 valence electrons. The lowest BCUT2D eigenvalue weighted by Gasteiger charge is -2.25. The Morgan fingerprint density at radius 2 is 2.27 bits per heavy atom. The molecule has 1 aromatic heterocycles. The molecule has 1 amide bonds. The predicted octanol–water partition coefficient (Wildman–Crippen LogP) is 1.88. The third kappa shape index (κ3) is 3.25. The summed E-state index contributed by atoms with van der Waals surface area (Å²) in [4.78, 5) is 12.6. The van der Waals surface area contributed by atoms with Crippen LogP contribution in [0.4, 0.5) is 0 Å². The zero-order valence-corrected chi connectivity index (χ0v) is 15.0. The van der Waals surface area contributed by atoms with Crippen molar-refractivity contribution in [2.24, 2.45) is 5.92 Å². The van der Waals surface area contributed by atoms with E-state index in [1.807, 2.05) is 18.2 Å². The Hall–Kier alpha value is -2.57. The minimum absolute atomic E-state index is 0.00978. The van der Waals surface area contributed by atoms with Crippen LogP contribution >= 0.6 is 0 Å². The standard InChI is InChI=1S/C19H24N4O3/c1-25-15-7-5-6-13-10-14(12-26-18(13)15)19(24)20-11-17-22-21-16-8-3-2-4-9-23(16)17/h5-7,14H,2-4,8-12H2,1H3,(H,20,24). The van der Waals surface area contributed by atoms with Gasteiger partial charge in [0.05, 0.1) is 19.6 Å². The maximum Gasteiger partial charge on any atom is 0.227 e. The molecule has 0 bridgehead atoms. The molecule has 2 aliphatic rings. The highest BCUT2D eigenvalue weighted by Crippen LogP contribution is 2.36. The highest BCUT2D eigenvalue weighted by atomic mass is 16.5. The molecule has 0 saturated carbocycles. The van der Waals surface area contributed by atoms with Gasteiger partial charge < -0.3 is 19.4 Å². The zero-order valence-electron chi connectivity index (χ0n) is 15.0. The lowest BCUT2D eigenvalue weighted by atomic mass is 9.95. The van der Waals surface area contributed by atoms with Crippen LogP contribution in [0.5, 0.6) is 11.5 Å². The molecule has 1 N–H and O–H groups in total. The molecule has 1 atom stereocenters. The Morgan fingerprint density at radius 3 is 3.15 bits per heavy atom. The van der Waals surface area contributed by atoms with Gasteiger partial charge in [0.2, 0.25) is 5.91 Å². The van der Waals surface area contributed by atoms with Gasteiger partial charge in [0.25, 0.3) is 0 Å². The summed E-state index contributed by atoms with van der Waals surface area (Å²) in [5, 5.41) is 11.6. The van der Waals surface area contributed by atoms with E-state index in [-0.39, 0.29) is 11.8 Å². The van der Waals surface area contributed by atoms with Crippen LogP contribution in [0.2, 0.25) is 0 Å². The Balaban J connectivity index is 1.39. The SMILES string of the molecule is COc1cccc2c1OCC(C(=O)NCc1nnc3n1CCCCC3)C2. The number of carbonyl (C=O) groups excluding carboxylic acids is 1. The number of amides is 1. The number of benzene rings is 1. The number of nitrogens with one attached hydrogen (secondary N) is 1. The van der Waals surface area contributed by atoms with Gasteiger partial charge in [0.15, 0.2) is 17.3 Å². The van der Waals surface area contributed by atoms with Crippen LogP contribution in [0.3, 0.4) is 0 Å². The van der Waals surface area contributed by atoms with Crippen molar-refractivity contribution in [3.63, 3.8) is 0 Å². The summed E-state index contributed by atoms with van der Waals surface area (Å²) in [6, 6.07) is 5.78. The van der Waals surface area contributed by atoms with Crippen LogP contribution < -0.4 is 14.8 Å². The van der Waals surface area contributed by atoms with E-state index in [0.29, 0.717) is 25.3 Å². The van der Waals surface area contributed by atoms with E-state index in [2.05, 4.69) is 20.1 Å². The van der Waals surface area contributed by atoms with Crippen molar-refractivity contribution in [2.45, 2.75) is 45.2 Å². The highest BCUT2D eigenvalue weighted by Gasteiger charge is 2.28. The van der Waals surface area contributed by atoms with Gasteiger partial charge in [-0.2, -0.15) is 0 Å². The minimum atomic E-state index is -0.207. The van der Waals surface area contributed by atoms with E-state index >= 15 is 0 Å². The second-order valence-electron chi connectivity index (χ2n) is 6.87. The normalized spacial score (nSPS) is 18.9. The Bertz CT molecular complexity index is 802. The second kappa shape index (κ2) is 7.35. The van der Waals surface area contributed by atoms with Crippen molar-refractivity contribution in [3.8, 4) is 11.5 Å². The van der Waals surface area contributed by atoms with Crippen LogP contribution in [-0.2, 0) is 30.7 Å². The number of hydrogen-bond donors (Lipinski definition) is 1. The third-order valence-electron chi connectivity index (χ3n) is 5.15. The molecule has 1 unspecified atom stereocenters. The fraction of sp³-hybridized carbons (Fsp3) is 0.526. The van der Waals surface area contributed by atoms with Crippen LogP contribution in [0.15, 0.2) is 18.2 Å². The van der Waals surface area contributed by atoms with Crippen LogP contribution in [0.25, 0.3) is 0 Å². The zero-order chi connectivity index (χ0) is 17.9. The number of aryl methyl sites for hydroxylation is 1.